The van der Waals surface area contributed by atoms with Crippen LogP contribution in [-0.4, -0.2) is 17.1 Å². The van der Waals surface area contributed by atoms with Crippen molar-refractivity contribution in [2.24, 2.45) is 11.8 Å². The van der Waals surface area contributed by atoms with Crippen LogP contribution in [0.3, 0.4) is 0 Å². The zero-order valence-electron chi connectivity index (χ0n) is 10.2. The van der Waals surface area contributed by atoms with Gasteiger partial charge in [0, 0.05) is 6.07 Å². The highest BCUT2D eigenvalue weighted by molar-refractivity contribution is 5.17. The van der Waals surface area contributed by atoms with E-state index in [4.69, 9.17) is 10.6 Å². The van der Waals surface area contributed by atoms with Crippen LogP contribution in [0.1, 0.15) is 43.8 Å². The van der Waals surface area contributed by atoms with E-state index in [-0.39, 0.29) is 6.04 Å². The molecule has 1 fully saturated rings. The summed E-state index contributed by atoms with van der Waals surface area (Å²) in [6.07, 6.45) is 7.85. The second kappa shape index (κ2) is 5.93. The summed E-state index contributed by atoms with van der Waals surface area (Å²) in [6.45, 7) is 0. The van der Waals surface area contributed by atoms with Crippen LogP contribution < -0.4 is 16.0 Å². The molecule has 0 aromatic carbocycles. The molecule has 0 amide bonds. The number of nitrogens with zero attached hydrogens (tertiary/aromatic N) is 2. The highest BCUT2D eigenvalue weighted by Gasteiger charge is 2.25. The Morgan fingerprint density at radius 1 is 1.35 bits per heavy atom. The van der Waals surface area contributed by atoms with Gasteiger partial charge in [-0.1, -0.05) is 19.3 Å². The van der Waals surface area contributed by atoms with Crippen molar-refractivity contribution in [3.8, 4) is 5.88 Å². The van der Waals surface area contributed by atoms with Gasteiger partial charge >= 0.3 is 0 Å². The van der Waals surface area contributed by atoms with Crippen LogP contribution in [-0.2, 0) is 0 Å². The maximum Gasteiger partial charge on any atom is 0.216 e. The Kier molecular flexibility index (Phi) is 4.28. The third-order valence-corrected chi connectivity index (χ3v) is 3.49. The molecule has 0 saturated heterocycles. The lowest BCUT2D eigenvalue weighted by molar-refractivity contribution is 0.268. The lowest BCUT2D eigenvalue weighted by Crippen LogP contribution is -2.35. The quantitative estimate of drug-likeness (QED) is 0.613. The molecule has 1 aliphatic rings. The van der Waals surface area contributed by atoms with Crippen molar-refractivity contribution < 1.29 is 4.74 Å². The number of rotatable bonds is 4. The minimum absolute atomic E-state index is 0.104. The SMILES string of the molecule is COc1cc(C(NN)C2CCCCC2)ncn1. The topological polar surface area (TPSA) is 73.1 Å². The Bertz CT molecular complexity index is 352. The predicted octanol–water partition coefficient (Wildman–Crippen LogP) is 1.57. The molecule has 3 N–H and O–H groups in total. The van der Waals surface area contributed by atoms with Crippen LogP contribution in [0, 0.1) is 5.92 Å². The number of hydrazine groups is 1. The van der Waals surface area contributed by atoms with Gasteiger partial charge in [-0.15, -0.1) is 0 Å². The lowest BCUT2D eigenvalue weighted by Gasteiger charge is -2.29. The average Bonchev–Trinajstić information content (AvgIpc) is 2.41. The smallest absolute Gasteiger partial charge is 0.216 e. The summed E-state index contributed by atoms with van der Waals surface area (Å²) in [5, 5.41) is 0. The summed E-state index contributed by atoms with van der Waals surface area (Å²) in [5.74, 6) is 6.83. The summed E-state index contributed by atoms with van der Waals surface area (Å²) < 4.78 is 5.12. The predicted molar refractivity (Wildman–Crippen MR) is 65.2 cm³/mol. The second-order valence-electron chi connectivity index (χ2n) is 4.53. The first-order chi connectivity index (χ1) is 8.35. The van der Waals surface area contributed by atoms with Crippen LogP contribution >= 0.6 is 0 Å². The molecule has 1 unspecified atom stereocenters. The maximum atomic E-state index is 5.68. The van der Waals surface area contributed by atoms with E-state index in [1.54, 1.807) is 7.11 Å². The van der Waals surface area contributed by atoms with Crippen LogP contribution in [0.25, 0.3) is 0 Å². The van der Waals surface area contributed by atoms with Gasteiger partial charge in [0.15, 0.2) is 0 Å². The average molecular weight is 236 g/mol. The van der Waals surface area contributed by atoms with Gasteiger partial charge in [-0.2, -0.15) is 0 Å². The number of ether oxygens (including phenoxy) is 1. The first kappa shape index (κ1) is 12.3. The van der Waals surface area contributed by atoms with Gasteiger partial charge in [-0.3, -0.25) is 11.3 Å². The van der Waals surface area contributed by atoms with Crippen LogP contribution in [0.2, 0.25) is 0 Å². The number of hydrogen-bond donors (Lipinski definition) is 2. The molecule has 0 spiro atoms. The molecule has 1 atom stereocenters. The summed E-state index contributed by atoms with van der Waals surface area (Å²) in [6, 6.07) is 1.96. The van der Waals surface area contributed by atoms with E-state index in [1.165, 1.54) is 38.4 Å². The molecule has 0 radical (unpaired) electrons. The fourth-order valence-corrected chi connectivity index (χ4v) is 2.57. The van der Waals surface area contributed by atoms with Crippen molar-refractivity contribution in [2.75, 3.05) is 7.11 Å². The van der Waals surface area contributed by atoms with Gasteiger partial charge < -0.3 is 4.74 Å². The Labute approximate surface area is 102 Å². The summed E-state index contributed by atoms with van der Waals surface area (Å²) in [7, 11) is 1.61. The first-order valence-electron chi connectivity index (χ1n) is 6.17. The molecule has 17 heavy (non-hydrogen) atoms. The largest absolute Gasteiger partial charge is 0.481 e. The normalized spacial score (nSPS) is 18.9. The van der Waals surface area contributed by atoms with Crippen LogP contribution in [0.5, 0.6) is 5.88 Å². The van der Waals surface area contributed by atoms with Crippen molar-refractivity contribution in [1.82, 2.24) is 15.4 Å². The van der Waals surface area contributed by atoms with Gasteiger partial charge in [0.25, 0.3) is 0 Å². The third-order valence-electron chi connectivity index (χ3n) is 3.49. The molecule has 1 saturated carbocycles. The molecule has 0 bridgehead atoms. The molecular formula is C12H20N4O. The molecule has 1 aromatic rings. The summed E-state index contributed by atoms with van der Waals surface area (Å²) >= 11 is 0. The third kappa shape index (κ3) is 2.92. The summed E-state index contributed by atoms with van der Waals surface area (Å²) in [4.78, 5) is 8.32. The first-order valence-corrected chi connectivity index (χ1v) is 6.17. The Morgan fingerprint density at radius 3 is 2.76 bits per heavy atom. The van der Waals surface area contributed by atoms with E-state index >= 15 is 0 Å². The molecule has 5 nitrogen and oxygen atoms in total. The minimum Gasteiger partial charge on any atom is -0.481 e. The van der Waals surface area contributed by atoms with E-state index in [9.17, 15) is 0 Å². The number of nitrogens with one attached hydrogen (secondary N) is 1. The Balaban J connectivity index is 2.15. The van der Waals surface area contributed by atoms with Crippen molar-refractivity contribution in [3.63, 3.8) is 0 Å². The zero-order chi connectivity index (χ0) is 12.1. The molecular weight excluding hydrogens is 216 g/mol. The number of aromatic nitrogens is 2. The van der Waals surface area contributed by atoms with Gasteiger partial charge in [-0.25, -0.2) is 9.97 Å². The number of methoxy groups -OCH3 is 1. The zero-order valence-corrected chi connectivity index (χ0v) is 10.2. The van der Waals surface area contributed by atoms with E-state index in [2.05, 4.69) is 15.4 Å². The lowest BCUT2D eigenvalue weighted by atomic mass is 9.83. The monoisotopic (exact) mass is 236 g/mol. The summed E-state index contributed by atoms with van der Waals surface area (Å²) in [5.41, 5.74) is 3.82. The van der Waals surface area contributed by atoms with E-state index in [0.717, 1.165) is 5.69 Å². The van der Waals surface area contributed by atoms with E-state index in [1.807, 2.05) is 6.07 Å². The van der Waals surface area contributed by atoms with Crippen LogP contribution in [0.4, 0.5) is 0 Å². The minimum atomic E-state index is 0.104. The highest BCUT2D eigenvalue weighted by atomic mass is 16.5. The van der Waals surface area contributed by atoms with Crippen molar-refractivity contribution in [1.29, 1.82) is 0 Å². The van der Waals surface area contributed by atoms with Gasteiger partial charge in [0.1, 0.15) is 6.33 Å². The highest BCUT2D eigenvalue weighted by Crippen LogP contribution is 2.33. The van der Waals surface area contributed by atoms with Crippen molar-refractivity contribution in [3.05, 3.63) is 18.1 Å². The molecule has 0 aliphatic heterocycles. The number of hydrogen-bond acceptors (Lipinski definition) is 5. The van der Waals surface area contributed by atoms with Gasteiger partial charge in [-0.05, 0) is 18.8 Å². The van der Waals surface area contributed by atoms with Gasteiger partial charge in [0.05, 0.1) is 18.8 Å². The molecule has 1 heterocycles. The van der Waals surface area contributed by atoms with E-state index < -0.39 is 0 Å². The van der Waals surface area contributed by atoms with Crippen molar-refractivity contribution >= 4 is 0 Å². The fraction of sp³-hybridized carbons (Fsp3) is 0.667. The molecule has 5 heteroatoms. The molecule has 1 aliphatic carbocycles. The van der Waals surface area contributed by atoms with Gasteiger partial charge in [0.2, 0.25) is 5.88 Å². The molecule has 2 rings (SSSR count). The van der Waals surface area contributed by atoms with Crippen molar-refractivity contribution in [2.45, 2.75) is 38.1 Å². The second-order valence-corrected chi connectivity index (χ2v) is 4.53. The van der Waals surface area contributed by atoms with Crippen LogP contribution in [0.15, 0.2) is 12.4 Å². The van der Waals surface area contributed by atoms with E-state index in [0.29, 0.717) is 11.8 Å². The Morgan fingerprint density at radius 2 is 2.12 bits per heavy atom. The maximum absolute atomic E-state index is 5.68. The Hall–Kier alpha value is -1.20. The molecule has 1 aromatic heterocycles. The molecule has 94 valence electrons. The number of nitrogens with two attached hydrogens (primary N) is 1. The standard InChI is InChI=1S/C12H20N4O/c1-17-11-7-10(14-8-15-11)12(16-13)9-5-3-2-4-6-9/h7-9,12,16H,2-6,13H2,1H3. The fourth-order valence-electron chi connectivity index (χ4n) is 2.57.